The Balaban J connectivity index is 2.12. The summed E-state index contributed by atoms with van der Waals surface area (Å²) in [6.07, 6.45) is 0. The summed E-state index contributed by atoms with van der Waals surface area (Å²) >= 11 is 0. The number of nitro benzene ring substituents is 1. The van der Waals surface area contributed by atoms with Crippen molar-refractivity contribution < 1.29 is 9.72 Å². The Bertz CT molecular complexity index is 706. The monoisotopic (exact) mass is 288 g/mol. The van der Waals surface area contributed by atoms with Crippen LogP contribution in [0.1, 0.15) is 27.3 Å². The van der Waals surface area contributed by atoms with Crippen molar-refractivity contribution in [3.8, 4) is 0 Å². The van der Waals surface area contributed by atoms with E-state index in [-0.39, 0.29) is 17.2 Å². The van der Waals surface area contributed by atoms with Gasteiger partial charge in [-0.2, -0.15) is 5.10 Å². The highest BCUT2D eigenvalue weighted by Crippen LogP contribution is 2.19. The topological polar surface area (TPSA) is 90.1 Å². The molecule has 2 rings (SSSR count). The summed E-state index contributed by atoms with van der Waals surface area (Å²) in [6, 6.07) is 6.31. The Kier molecular flexibility index (Phi) is 4.02. The second-order valence-corrected chi connectivity index (χ2v) is 4.84. The Labute approximate surface area is 121 Å². The number of aryl methyl sites for hydroxylation is 3. The summed E-state index contributed by atoms with van der Waals surface area (Å²) in [5.74, 6) is -0.350. The number of carbonyl (C=O) groups is 1. The Morgan fingerprint density at radius 3 is 2.67 bits per heavy atom. The lowest BCUT2D eigenvalue weighted by Crippen LogP contribution is -2.24. The Morgan fingerprint density at radius 1 is 1.38 bits per heavy atom. The molecule has 1 aromatic heterocycles. The number of amides is 1. The van der Waals surface area contributed by atoms with Gasteiger partial charge in [-0.15, -0.1) is 0 Å². The molecular weight excluding hydrogens is 272 g/mol. The van der Waals surface area contributed by atoms with Gasteiger partial charge in [0.2, 0.25) is 0 Å². The molecule has 2 aromatic rings. The number of nitrogens with one attached hydrogen (secondary N) is 1. The van der Waals surface area contributed by atoms with Gasteiger partial charge >= 0.3 is 0 Å². The quantitative estimate of drug-likeness (QED) is 0.687. The number of hydrogen-bond acceptors (Lipinski definition) is 4. The van der Waals surface area contributed by atoms with Gasteiger partial charge < -0.3 is 5.32 Å². The first-order valence-electron chi connectivity index (χ1n) is 6.41. The summed E-state index contributed by atoms with van der Waals surface area (Å²) in [6.45, 7) is 3.82. The van der Waals surface area contributed by atoms with Gasteiger partial charge in [-0.05, 0) is 26.0 Å². The normalized spacial score (nSPS) is 10.4. The molecular formula is C14H16N4O3. The first-order chi connectivity index (χ1) is 9.88. The van der Waals surface area contributed by atoms with Crippen molar-refractivity contribution in [2.24, 2.45) is 7.05 Å². The maximum absolute atomic E-state index is 12.1. The number of carbonyl (C=O) groups excluding carboxylic acids is 1. The number of rotatable bonds is 4. The second kappa shape index (κ2) is 5.74. The lowest BCUT2D eigenvalue weighted by atomic mass is 10.1. The van der Waals surface area contributed by atoms with Crippen LogP contribution in [0.25, 0.3) is 0 Å². The van der Waals surface area contributed by atoms with Gasteiger partial charge in [0.25, 0.3) is 11.6 Å². The van der Waals surface area contributed by atoms with Gasteiger partial charge in [-0.25, -0.2) is 0 Å². The maximum Gasteiger partial charge on any atom is 0.273 e. The van der Waals surface area contributed by atoms with E-state index in [0.717, 1.165) is 11.4 Å². The van der Waals surface area contributed by atoms with Crippen LogP contribution in [0, 0.1) is 24.0 Å². The van der Waals surface area contributed by atoms with E-state index in [1.807, 2.05) is 13.0 Å². The molecule has 7 nitrogen and oxygen atoms in total. The Hall–Kier alpha value is -2.70. The average Bonchev–Trinajstić information content (AvgIpc) is 2.74. The summed E-state index contributed by atoms with van der Waals surface area (Å²) < 4.78 is 1.69. The van der Waals surface area contributed by atoms with Crippen LogP contribution in [0.3, 0.4) is 0 Å². The summed E-state index contributed by atoms with van der Waals surface area (Å²) in [5, 5.41) is 17.8. The zero-order valence-corrected chi connectivity index (χ0v) is 12.1. The molecule has 1 N–H and O–H groups in total. The third-order valence-corrected chi connectivity index (χ3v) is 3.20. The molecule has 1 heterocycles. The van der Waals surface area contributed by atoms with E-state index in [2.05, 4.69) is 10.4 Å². The smallest absolute Gasteiger partial charge is 0.273 e. The van der Waals surface area contributed by atoms with Gasteiger partial charge in [0.1, 0.15) is 0 Å². The molecule has 0 aliphatic carbocycles. The van der Waals surface area contributed by atoms with Crippen LogP contribution in [-0.2, 0) is 13.6 Å². The number of benzene rings is 1. The molecule has 1 amide bonds. The standard InChI is InChI=1S/C14H16N4O3/c1-9-4-5-11(7-13(9)18(20)21)14(19)15-8-12-6-10(2)16-17(12)3/h4-7H,8H2,1-3H3,(H,15,19). The lowest BCUT2D eigenvalue weighted by Gasteiger charge is -2.06. The first kappa shape index (κ1) is 14.7. The van der Waals surface area contributed by atoms with Gasteiger partial charge in [0, 0.05) is 24.2 Å². The summed E-state index contributed by atoms with van der Waals surface area (Å²) in [5.41, 5.74) is 2.47. The van der Waals surface area contributed by atoms with Crippen LogP contribution >= 0.6 is 0 Å². The Morgan fingerprint density at radius 2 is 2.10 bits per heavy atom. The third-order valence-electron chi connectivity index (χ3n) is 3.20. The molecule has 0 aliphatic rings. The fraction of sp³-hybridized carbons (Fsp3) is 0.286. The molecule has 110 valence electrons. The van der Waals surface area contributed by atoms with E-state index in [9.17, 15) is 14.9 Å². The number of nitrogens with zero attached hydrogens (tertiary/aromatic N) is 3. The van der Waals surface area contributed by atoms with E-state index in [0.29, 0.717) is 12.1 Å². The third kappa shape index (κ3) is 3.25. The number of aromatic nitrogens is 2. The van der Waals surface area contributed by atoms with Crippen molar-refractivity contribution in [1.29, 1.82) is 0 Å². The molecule has 0 aliphatic heterocycles. The van der Waals surface area contributed by atoms with Gasteiger partial charge in [0.15, 0.2) is 0 Å². The van der Waals surface area contributed by atoms with Crippen molar-refractivity contribution >= 4 is 11.6 Å². The average molecular weight is 288 g/mol. The van der Waals surface area contributed by atoms with Crippen LogP contribution < -0.4 is 5.32 Å². The molecule has 0 unspecified atom stereocenters. The van der Waals surface area contributed by atoms with E-state index in [4.69, 9.17) is 0 Å². The molecule has 0 atom stereocenters. The lowest BCUT2D eigenvalue weighted by molar-refractivity contribution is -0.385. The van der Waals surface area contributed by atoms with Crippen molar-refractivity contribution in [1.82, 2.24) is 15.1 Å². The highest BCUT2D eigenvalue weighted by molar-refractivity contribution is 5.94. The second-order valence-electron chi connectivity index (χ2n) is 4.84. The minimum atomic E-state index is -0.489. The van der Waals surface area contributed by atoms with Crippen molar-refractivity contribution in [2.45, 2.75) is 20.4 Å². The summed E-state index contributed by atoms with van der Waals surface area (Å²) in [7, 11) is 1.80. The highest BCUT2D eigenvalue weighted by Gasteiger charge is 2.15. The minimum Gasteiger partial charge on any atom is -0.346 e. The molecule has 21 heavy (non-hydrogen) atoms. The zero-order chi connectivity index (χ0) is 15.6. The fourth-order valence-electron chi connectivity index (χ4n) is 2.05. The molecule has 0 saturated carbocycles. The van der Waals surface area contributed by atoms with Gasteiger partial charge in [0.05, 0.1) is 22.9 Å². The van der Waals surface area contributed by atoms with Crippen molar-refractivity contribution in [3.05, 3.63) is 56.9 Å². The molecule has 1 aromatic carbocycles. The molecule has 0 saturated heterocycles. The molecule has 7 heteroatoms. The van der Waals surface area contributed by atoms with Gasteiger partial charge in [-0.3, -0.25) is 19.6 Å². The maximum atomic E-state index is 12.1. The predicted octanol–water partition coefficient (Wildman–Crippen LogP) is 1.88. The fourth-order valence-corrected chi connectivity index (χ4v) is 2.05. The van der Waals surface area contributed by atoms with E-state index in [1.165, 1.54) is 6.07 Å². The molecule has 0 radical (unpaired) electrons. The highest BCUT2D eigenvalue weighted by atomic mass is 16.6. The van der Waals surface area contributed by atoms with Crippen LogP contribution in [0.5, 0.6) is 0 Å². The molecule has 0 fully saturated rings. The number of hydrogen-bond donors (Lipinski definition) is 1. The zero-order valence-electron chi connectivity index (χ0n) is 12.1. The van der Waals surface area contributed by atoms with Crippen LogP contribution in [-0.4, -0.2) is 20.6 Å². The van der Waals surface area contributed by atoms with Gasteiger partial charge in [-0.1, -0.05) is 6.07 Å². The van der Waals surface area contributed by atoms with Crippen LogP contribution in [0.2, 0.25) is 0 Å². The molecule has 0 bridgehead atoms. The number of nitro groups is 1. The van der Waals surface area contributed by atoms with Crippen molar-refractivity contribution in [3.63, 3.8) is 0 Å². The minimum absolute atomic E-state index is 0.0565. The first-order valence-corrected chi connectivity index (χ1v) is 6.41. The van der Waals surface area contributed by atoms with E-state index < -0.39 is 4.92 Å². The van der Waals surface area contributed by atoms with E-state index >= 15 is 0 Å². The van der Waals surface area contributed by atoms with Crippen molar-refractivity contribution in [2.75, 3.05) is 0 Å². The van der Waals surface area contributed by atoms with E-state index in [1.54, 1.807) is 30.8 Å². The SMILES string of the molecule is Cc1cc(CNC(=O)c2ccc(C)c([N+](=O)[O-])c2)n(C)n1. The largest absolute Gasteiger partial charge is 0.346 e. The predicted molar refractivity (Wildman–Crippen MR) is 76.9 cm³/mol. The van der Waals surface area contributed by atoms with Crippen LogP contribution in [0.15, 0.2) is 24.3 Å². The van der Waals surface area contributed by atoms with Crippen LogP contribution in [0.4, 0.5) is 5.69 Å². The summed E-state index contributed by atoms with van der Waals surface area (Å²) in [4.78, 5) is 22.5. The molecule has 0 spiro atoms.